The van der Waals surface area contributed by atoms with Gasteiger partial charge in [0.2, 0.25) is 0 Å². The fraction of sp³-hybridized carbons (Fsp3) is 0.429. The molecule has 5 nitrogen and oxygen atoms in total. The van der Waals surface area contributed by atoms with E-state index in [2.05, 4.69) is 46.2 Å². The van der Waals surface area contributed by atoms with Crippen LogP contribution < -0.4 is 14.5 Å². The molecule has 0 bridgehead atoms. The second-order valence-electron chi connectivity index (χ2n) is 7.06. The fourth-order valence-electron chi connectivity index (χ4n) is 3.93. The van der Waals surface area contributed by atoms with E-state index in [9.17, 15) is 0 Å². The summed E-state index contributed by atoms with van der Waals surface area (Å²) in [5.41, 5.74) is 4.96. The molecule has 0 radical (unpaired) electrons. The quantitative estimate of drug-likeness (QED) is 0.622. The SMILES string of the molecule is Cl.Cl.c1cc2c(cc1N1CCOCC1)Oc1cc(N3CCOCC3)ccc1C2. The lowest BCUT2D eigenvalue weighted by atomic mass is 9.99. The molecule has 7 heteroatoms. The molecular formula is C21H26Cl2N2O3. The van der Waals surface area contributed by atoms with Crippen molar-refractivity contribution < 1.29 is 14.2 Å². The van der Waals surface area contributed by atoms with Crippen LogP contribution in [0.2, 0.25) is 0 Å². The molecule has 0 spiro atoms. The molecule has 0 aromatic heterocycles. The normalized spacial score (nSPS) is 18.1. The van der Waals surface area contributed by atoms with Gasteiger partial charge in [0.1, 0.15) is 11.5 Å². The maximum absolute atomic E-state index is 6.32. The van der Waals surface area contributed by atoms with Gasteiger partial charge in [-0.05, 0) is 23.3 Å². The van der Waals surface area contributed by atoms with Crippen LogP contribution in [0.3, 0.4) is 0 Å². The molecule has 2 saturated heterocycles. The van der Waals surface area contributed by atoms with Crippen molar-refractivity contribution in [3.8, 4) is 11.5 Å². The molecule has 0 N–H and O–H groups in total. The highest BCUT2D eigenvalue weighted by Crippen LogP contribution is 2.40. The number of nitrogens with zero attached hydrogens (tertiary/aromatic N) is 2. The van der Waals surface area contributed by atoms with Crippen molar-refractivity contribution >= 4 is 36.2 Å². The summed E-state index contributed by atoms with van der Waals surface area (Å²) in [5, 5.41) is 0. The van der Waals surface area contributed by atoms with Crippen LogP contribution in [0.15, 0.2) is 36.4 Å². The minimum absolute atomic E-state index is 0. The second-order valence-corrected chi connectivity index (χ2v) is 7.06. The van der Waals surface area contributed by atoms with Crippen LogP contribution in [0, 0.1) is 0 Å². The van der Waals surface area contributed by atoms with Crippen LogP contribution in [-0.4, -0.2) is 52.6 Å². The van der Waals surface area contributed by atoms with Gasteiger partial charge in [0.05, 0.1) is 26.4 Å². The molecule has 5 rings (SSSR count). The summed E-state index contributed by atoms with van der Waals surface area (Å²) in [5.74, 6) is 1.97. The Morgan fingerprint density at radius 3 is 1.46 bits per heavy atom. The van der Waals surface area contributed by atoms with Gasteiger partial charge in [-0.1, -0.05) is 12.1 Å². The van der Waals surface area contributed by atoms with Crippen molar-refractivity contribution in [3.63, 3.8) is 0 Å². The highest BCUT2D eigenvalue weighted by atomic mass is 35.5. The highest BCUT2D eigenvalue weighted by molar-refractivity contribution is 5.85. The zero-order valence-corrected chi connectivity index (χ0v) is 17.4. The Balaban J connectivity index is 0.00000112. The lowest BCUT2D eigenvalue weighted by Crippen LogP contribution is -2.36. The van der Waals surface area contributed by atoms with Crippen molar-refractivity contribution in [2.75, 3.05) is 62.4 Å². The number of hydrogen-bond donors (Lipinski definition) is 0. The maximum atomic E-state index is 6.32. The zero-order valence-electron chi connectivity index (χ0n) is 15.8. The molecule has 3 aliphatic rings. The third kappa shape index (κ3) is 4.18. The summed E-state index contributed by atoms with van der Waals surface area (Å²) in [6.45, 7) is 6.95. The minimum atomic E-state index is 0. The predicted octanol–water partition coefficient (Wildman–Crippen LogP) is 3.90. The number of rotatable bonds is 2. The van der Waals surface area contributed by atoms with E-state index in [4.69, 9.17) is 14.2 Å². The van der Waals surface area contributed by atoms with Crippen molar-refractivity contribution in [1.29, 1.82) is 0 Å². The fourth-order valence-corrected chi connectivity index (χ4v) is 3.93. The number of morpholine rings is 2. The standard InChI is InChI=1S/C21H24N2O3.2ClH/c1-3-18(22-5-9-24-10-6-22)14-20-16(1)13-17-2-4-19(15-21(17)26-20)23-7-11-25-12-8-23;;/h1-4,14-15H,5-13H2;2*1H. The highest BCUT2D eigenvalue weighted by Gasteiger charge is 2.21. The topological polar surface area (TPSA) is 34.2 Å². The molecule has 3 heterocycles. The van der Waals surface area contributed by atoms with E-state index in [1.165, 1.54) is 22.5 Å². The summed E-state index contributed by atoms with van der Waals surface area (Å²) < 4.78 is 17.3. The van der Waals surface area contributed by atoms with Gasteiger partial charge in [-0.25, -0.2) is 0 Å². The Bertz CT molecular complexity index is 741. The molecule has 0 aliphatic carbocycles. The Labute approximate surface area is 178 Å². The van der Waals surface area contributed by atoms with E-state index in [1.54, 1.807) is 0 Å². The van der Waals surface area contributed by atoms with E-state index in [0.717, 1.165) is 70.5 Å². The van der Waals surface area contributed by atoms with Gasteiger partial charge in [-0.3, -0.25) is 0 Å². The first-order valence-corrected chi connectivity index (χ1v) is 9.46. The molecule has 0 saturated carbocycles. The Morgan fingerprint density at radius 2 is 1.04 bits per heavy atom. The third-order valence-corrected chi connectivity index (χ3v) is 5.45. The lowest BCUT2D eigenvalue weighted by molar-refractivity contribution is 0.122. The molecule has 0 unspecified atom stereocenters. The van der Waals surface area contributed by atoms with E-state index in [1.807, 2.05) is 0 Å². The largest absolute Gasteiger partial charge is 0.457 e. The smallest absolute Gasteiger partial charge is 0.133 e. The van der Waals surface area contributed by atoms with Crippen molar-refractivity contribution in [2.45, 2.75) is 6.42 Å². The predicted molar refractivity (Wildman–Crippen MR) is 116 cm³/mol. The van der Waals surface area contributed by atoms with Gasteiger partial charge in [0, 0.05) is 56.1 Å². The monoisotopic (exact) mass is 424 g/mol. The summed E-state index contributed by atoms with van der Waals surface area (Å²) >= 11 is 0. The first-order valence-electron chi connectivity index (χ1n) is 9.46. The van der Waals surface area contributed by atoms with Crippen LogP contribution >= 0.6 is 24.8 Å². The molecule has 2 aromatic rings. The molecule has 0 atom stereocenters. The van der Waals surface area contributed by atoms with Crippen LogP contribution in [0.1, 0.15) is 11.1 Å². The van der Waals surface area contributed by atoms with Gasteiger partial charge in [0.15, 0.2) is 0 Å². The van der Waals surface area contributed by atoms with Gasteiger partial charge >= 0.3 is 0 Å². The lowest BCUT2D eigenvalue weighted by Gasteiger charge is -2.31. The summed E-state index contributed by atoms with van der Waals surface area (Å²) in [6.07, 6.45) is 0.928. The molecule has 28 heavy (non-hydrogen) atoms. The van der Waals surface area contributed by atoms with Crippen molar-refractivity contribution in [3.05, 3.63) is 47.5 Å². The van der Waals surface area contributed by atoms with Gasteiger partial charge in [0.25, 0.3) is 0 Å². The average molecular weight is 425 g/mol. The average Bonchev–Trinajstić information content (AvgIpc) is 2.73. The van der Waals surface area contributed by atoms with Crippen LogP contribution in [0.5, 0.6) is 11.5 Å². The van der Waals surface area contributed by atoms with Crippen LogP contribution in [-0.2, 0) is 15.9 Å². The number of fused-ring (bicyclic) bond motifs is 2. The molecule has 0 amide bonds. The van der Waals surface area contributed by atoms with Crippen LogP contribution in [0.4, 0.5) is 11.4 Å². The van der Waals surface area contributed by atoms with Gasteiger partial charge in [-0.15, -0.1) is 24.8 Å². The van der Waals surface area contributed by atoms with E-state index >= 15 is 0 Å². The Kier molecular flexibility index (Phi) is 6.94. The first kappa shape index (κ1) is 21.1. The van der Waals surface area contributed by atoms with Crippen molar-refractivity contribution in [1.82, 2.24) is 0 Å². The number of halogens is 2. The molecule has 2 aromatic carbocycles. The number of benzene rings is 2. The summed E-state index contributed by atoms with van der Waals surface area (Å²) in [7, 11) is 0. The van der Waals surface area contributed by atoms with Gasteiger partial charge in [-0.2, -0.15) is 0 Å². The zero-order chi connectivity index (χ0) is 17.3. The third-order valence-electron chi connectivity index (χ3n) is 5.45. The number of anilines is 2. The van der Waals surface area contributed by atoms with E-state index < -0.39 is 0 Å². The summed E-state index contributed by atoms with van der Waals surface area (Å²) in [6, 6.07) is 13.2. The maximum Gasteiger partial charge on any atom is 0.133 e. The minimum Gasteiger partial charge on any atom is -0.457 e. The Hall–Kier alpha value is -1.66. The van der Waals surface area contributed by atoms with E-state index in [-0.39, 0.29) is 24.8 Å². The Morgan fingerprint density at radius 1 is 0.607 bits per heavy atom. The molecule has 152 valence electrons. The number of ether oxygens (including phenoxy) is 3. The van der Waals surface area contributed by atoms with Gasteiger partial charge < -0.3 is 24.0 Å². The van der Waals surface area contributed by atoms with E-state index in [0.29, 0.717) is 0 Å². The summed E-state index contributed by atoms with van der Waals surface area (Å²) in [4.78, 5) is 4.74. The molecular weight excluding hydrogens is 399 g/mol. The molecule has 3 aliphatic heterocycles. The second kappa shape index (κ2) is 9.23. The van der Waals surface area contributed by atoms with Crippen LogP contribution in [0.25, 0.3) is 0 Å². The van der Waals surface area contributed by atoms with Crippen molar-refractivity contribution in [2.24, 2.45) is 0 Å². The number of hydrogen-bond acceptors (Lipinski definition) is 5. The molecule has 2 fully saturated rings. The first-order chi connectivity index (χ1) is 12.9.